The highest BCUT2D eigenvalue weighted by Crippen LogP contribution is 2.30. The molecule has 2 rings (SSSR count). The van der Waals surface area contributed by atoms with Crippen molar-refractivity contribution in [1.29, 1.82) is 0 Å². The number of carboxylic acids is 1. The van der Waals surface area contributed by atoms with Crippen molar-refractivity contribution < 1.29 is 19.4 Å². The third-order valence-corrected chi connectivity index (χ3v) is 4.21. The van der Waals surface area contributed by atoms with Gasteiger partial charge >= 0.3 is 5.97 Å². The standard InChI is InChI=1S/C13H22N2O4/c1-14-11(6-12(16)17)13(18)15-4-2-9(3-5-15)10-7-19-8-10/h9-11,14H,2-8H2,1H3,(H,16,17)/t11-/m0/s1. The quantitative estimate of drug-likeness (QED) is 0.731. The van der Waals surface area contributed by atoms with Crippen LogP contribution in [0.2, 0.25) is 0 Å². The smallest absolute Gasteiger partial charge is 0.305 e. The number of nitrogens with zero attached hydrogens (tertiary/aromatic N) is 1. The van der Waals surface area contributed by atoms with Gasteiger partial charge in [-0.25, -0.2) is 0 Å². The van der Waals surface area contributed by atoms with Crippen LogP contribution in [0, 0.1) is 11.8 Å². The predicted octanol–water partition coefficient (Wildman–Crippen LogP) is -0.0659. The summed E-state index contributed by atoms with van der Waals surface area (Å²) in [4.78, 5) is 24.7. The number of carboxylic acid groups (broad SMARTS) is 1. The second-order valence-electron chi connectivity index (χ2n) is 5.40. The summed E-state index contributed by atoms with van der Waals surface area (Å²) in [6.45, 7) is 3.18. The van der Waals surface area contributed by atoms with Gasteiger partial charge < -0.3 is 20.1 Å². The van der Waals surface area contributed by atoms with Gasteiger partial charge in [0.25, 0.3) is 0 Å². The van der Waals surface area contributed by atoms with Crippen LogP contribution < -0.4 is 5.32 Å². The van der Waals surface area contributed by atoms with E-state index in [0.29, 0.717) is 11.8 Å². The summed E-state index contributed by atoms with van der Waals surface area (Å²) < 4.78 is 5.21. The molecule has 0 aromatic rings. The third-order valence-electron chi connectivity index (χ3n) is 4.21. The van der Waals surface area contributed by atoms with Crippen LogP contribution in [0.5, 0.6) is 0 Å². The lowest BCUT2D eigenvalue weighted by atomic mass is 9.83. The first kappa shape index (κ1) is 14.3. The molecule has 0 unspecified atom stereocenters. The maximum Gasteiger partial charge on any atom is 0.305 e. The molecular weight excluding hydrogens is 248 g/mol. The molecule has 0 aromatic heterocycles. The van der Waals surface area contributed by atoms with Gasteiger partial charge in [-0.1, -0.05) is 0 Å². The Morgan fingerprint density at radius 3 is 2.37 bits per heavy atom. The number of carbonyl (C=O) groups excluding carboxylic acids is 1. The van der Waals surface area contributed by atoms with E-state index in [4.69, 9.17) is 9.84 Å². The fraction of sp³-hybridized carbons (Fsp3) is 0.846. The molecule has 2 N–H and O–H groups in total. The first-order chi connectivity index (χ1) is 9.11. The lowest BCUT2D eigenvalue weighted by Gasteiger charge is -2.40. The van der Waals surface area contributed by atoms with Crippen molar-refractivity contribution in [3.63, 3.8) is 0 Å². The van der Waals surface area contributed by atoms with Gasteiger partial charge in [0.2, 0.25) is 5.91 Å². The lowest BCUT2D eigenvalue weighted by Crippen LogP contribution is -2.50. The molecule has 2 fully saturated rings. The third kappa shape index (κ3) is 3.45. The van der Waals surface area contributed by atoms with E-state index in [9.17, 15) is 9.59 Å². The van der Waals surface area contributed by atoms with E-state index >= 15 is 0 Å². The average molecular weight is 270 g/mol. The van der Waals surface area contributed by atoms with Gasteiger partial charge in [-0.15, -0.1) is 0 Å². The van der Waals surface area contributed by atoms with E-state index in [1.165, 1.54) is 0 Å². The second kappa shape index (κ2) is 6.34. The fourth-order valence-electron chi connectivity index (χ4n) is 2.83. The van der Waals surface area contributed by atoms with Crippen LogP contribution in [0.3, 0.4) is 0 Å². The summed E-state index contributed by atoms with van der Waals surface area (Å²) in [7, 11) is 1.63. The van der Waals surface area contributed by atoms with Gasteiger partial charge in [0.1, 0.15) is 0 Å². The van der Waals surface area contributed by atoms with E-state index in [0.717, 1.165) is 39.1 Å². The second-order valence-corrected chi connectivity index (χ2v) is 5.40. The van der Waals surface area contributed by atoms with Crippen molar-refractivity contribution >= 4 is 11.9 Å². The topological polar surface area (TPSA) is 78.9 Å². The Balaban J connectivity index is 1.81. The molecule has 108 valence electrons. The first-order valence-corrected chi connectivity index (χ1v) is 6.87. The Morgan fingerprint density at radius 1 is 1.32 bits per heavy atom. The Bertz CT molecular complexity index is 336. The zero-order valence-corrected chi connectivity index (χ0v) is 11.3. The number of piperidine rings is 1. The number of likely N-dealkylation sites (tertiary alicyclic amines) is 1. The zero-order chi connectivity index (χ0) is 13.8. The van der Waals surface area contributed by atoms with Crippen molar-refractivity contribution in [1.82, 2.24) is 10.2 Å². The van der Waals surface area contributed by atoms with Crippen LogP contribution in [-0.4, -0.2) is 61.3 Å². The van der Waals surface area contributed by atoms with Crippen LogP contribution >= 0.6 is 0 Å². The molecule has 6 heteroatoms. The van der Waals surface area contributed by atoms with Crippen molar-refractivity contribution in [2.75, 3.05) is 33.4 Å². The molecule has 0 spiro atoms. The van der Waals surface area contributed by atoms with Crippen molar-refractivity contribution in [2.45, 2.75) is 25.3 Å². The number of likely N-dealkylation sites (N-methyl/N-ethyl adjacent to an activating group) is 1. The van der Waals surface area contributed by atoms with Crippen molar-refractivity contribution in [3.8, 4) is 0 Å². The number of aliphatic carboxylic acids is 1. The highest BCUT2D eigenvalue weighted by atomic mass is 16.5. The van der Waals surface area contributed by atoms with Crippen molar-refractivity contribution in [3.05, 3.63) is 0 Å². The van der Waals surface area contributed by atoms with Gasteiger partial charge in [-0.2, -0.15) is 0 Å². The van der Waals surface area contributed by atoms with E-state index < -0.39 is 12.0 Å². The molecule has 0 aromatic carbocycles. The van der Waals surface area contributed by atoms with Gasteiger partial charge in [-0.3, -0.25) is 9.59 Å². The van der Waals surface area contributed by atoms with Gasteiger partial charge in [0.05, 0.1) is 25.7 Å². The van der Waals surface area contributed by atoms with E-state index in [-0.39, 0.29) is 12.3 Å². The summed E-state index contributed by atoms with van der Waals surface area (Å²) in [6.07, 6.45) is 1.85. The molecule has 2 aliphatic heterocycles. The minimum absolute atomic E-state index is 0.0896. The monoisotopic (exact) mass is 270 g/mol. The number of nitrogens with one attached hydrogen (secondary N) is 1. The van der Waals surface area contributed by atoms with Crippen LogP contribution in [0.25, 0.3) is 0 Å². The SMILES string of the molecule is CN[C@@H](CC(=O)O)C(=O)N1CCC(C2COC2)CC1. The highest BCUT2D eigenvalue weighted by molar-refractivity contribution is 5.86. The van der Waals surface area contributed by atoms with E-state index in [1.807, 2.05) is 0 Å². The van der Waals surface area contributed by atoms with Gasteiger partial charge in [0, 0.05) is 19.0 Å². The maximum absolute atomic E-state index is 12.2. The summed E-state index contributed by atoms with van der Waals surface area (Å²) in [6, 6.07) is -0.610. The molecule has 19 heavy (non-hydrogen) atoms. The number of ether oxygens (including phenoxy) is 1. The molecule has 1 amide bonds. The Kier molecular flexibility index (Phi) is 4.76. The van der Waals surface area contributed by atoms with Crippen LogP contribution in [0.15, 0.2) is 0 Å². The van der Waals surface area contributed by atoms with Crippen LogP contribution in [0.1, 0.15) is 19.3 Å². The Labute approximate surface area is 113 Å². The lowest BCUT2D eigenvalue weighted by molar-refractivity contribution is -0.144. The van der Waals surface area contributed by atoms with Gasteiger partial charge in [-0.05, 0) is 25.8 Å². The molecule has 0 saturated carbocycles. The number of carbonyl (C=O) groups is 2. The van der Waals surface area contributed by atoms with E-state index in [2.05, 4.69) is 5.32 Å². The molecule has 1 atom stereocenters. The van der Waals surface area contributed by atoms with E-state index in [1.54, 1.807) is 11.9 Å². The molecular formula is C13H22N2O4. The van der Waals surface area contributed by atoms with Crippen LogP contribution in [0.4, 0.5) is 0 Å². The Hall–Kier alpha value is -1.14. The average Bonchev–Trinajstić information content (AvgIpc) is 2.34. The molecule has 0 radical (unpaired) electrons. The predicted molar refractivity (Wildman–Crippen MR) is 68.7 cm³/mol. The largest absolute Gasteiger partial charge is 0.481 e. The number of rotatable bonds is 5. The Morgan fingerprint density at radius 2 is 1.95 bits per heavy atom. The number of amides is 1. The fourth-order valence-corrected chi connectivity index (χ4v) is 2.83. The maximum atomic E-state index is 12.2. The molecule has 2 heterocycles. The number of hydrogen-bond donors (Lipinski definition) is 2. The summed E-state index contributed by atoms with van der Waals surface area (Å²) in [5, 5.41) is 11.6. The normalized spacial score (nSPS) is 22.9. The minimum atomic E-state index is -0.950. The summed E-state index contributed by atoms with van der Waals surface area (Å²) in [5.74, 6) is 0.282. The molecule has 0 aliphatic carbocycles. The first-order valence-electron chi connectivity index (χ1n) is 6.87. The number of hydrogen-bond acceptors (Lipinski definition) is 4. The summed E-state index contributed by atoms with van der Waals surface area (Å²) in [5.41, 5.74) is 0. The van der Waals surface area contributed by atoms with Crippen molar-refractivity contribution in [2.24, 2.45) is 11.8 Å². The molecule has 0 bridgehead atoms. The summed E-state index contributed by atoms with van der Waals surface area (Å²) >= 11 is 0. The van der Waals surface area contributed by atoms with Crippen LogP contribution in [-0.2, 0) is 14.3 Å². The molecule has 2 aliphatic rings. The molecule has 2 saturated heterocycles. The zero-order valence-electron chi connectivity index (χ0n) is 11.3. The van der Waals surface area contributed by atoms with Gasteiger partial charge in [0.15, 0.2) is 0 Å². The molecule has 6 nitrogen and oxygen atoms in total. The highest BCUT2D eigenvalue weighted by Gasteiger charge is 2.34. The minimum Gasteiger partial charge on any atom is -0.481 e.